The summed E-state index contributed by atoms with van der Waals surface area (Å²) in [5.74, 6) is -4.31. The molecule has 1 N–H and O–H groups in total. The molecule has 9 heteroatoms. The second kappa shape index (κ2) is 11.2. The van der Waals surface area contributed by atoms with Crippen molar-refractivity contribution in [2.45, 2.75) is 26.2 Å². The highest BCUT2D eigenvalue weighted by Crippen LogP contribution is 2.23. The molecule has 0 aliphatic rings. The van der Waals surface area contributed by atoms with Gasteiger partial charge in [-0.1, -0.05) is 6.92 Å². The molecule has 0 bridgehead atoms. The molecule has 0 aliphatic heterocycles. The van der Waals surface area contributed by atoms with E-state index in [0.717, 1.165) is 11.6 Å². The molecule has 0 atom stereocenters. The van der Waals surface area contributed by atoms with Gasteiger partial charge in [-0.25, -0.2) is 13.2 Å². The Morgan fingerprint density at radius 2 is 1.65 bits per heavy atom. The third-order valence-electron chi connectivity index (χ3n) is 4.53. The van der Waals surface area contributed by atoms with Crippen LogP contribution in [0, 0.1) is 17.5 Å². The first kappa shape index (κ1) is 24.0. The van der Waals surface area contributed by atoms with Gasteiger partial charge in [0.25, 0.3) is 0 Å². The van der Waals surface area contributed by atoms with Crippen LogP contribution >= 0.6 is 0 Å². The molecule has 168 valence electrons. The van der Waals surface area contributed by atoms with Crippen molar-refractivity contribution < 1.29 is 32.2 Å². The van der Waals surface area contributed by atoms with Gasteiger partial charge in [0.2, 0.25) is 11.8 Å². The number of aryl methyl sites for hydroxylation is 1. The number of hydrogen-bond donors (Lipinski definition) is 1. The van der Waals surface area contributed by atoms with Crippen molar-refractivity contribution in [2.24, 2.45) is 0 Å². The van der Waals surface area contributed by atoms with E-state index in [9.17, 15) is 22.8 Å². The predicted octanol–water partition coefficient (Wildman–Crippen LogP) is 3.93. The van der Waals surface area contributed by atoms with E-state index in [0.29, 0.717) is 37.0 Å². The fourth-order valence-corrected chi connectivity index (χ4v) is 2.97. The van der Waals surface area contributed by atoms with E-state index in [1.807, 2.05) is 6.92 Å². The van der Waals surface area contributed by atoms with E-state index in [-0.39, 0.29) is 18.9 Å². The normalized spacial score (nSPS) is 10.5. The number of rotatable bonds is 10. The maximum atomic E-state index is 13.8. The molecule has 31 heavy (non-hydrogen) atoms. The first-order chi connectivity index (χ1) is 14.8. The summed E-state index contributed by atoms with van der Waals surface area (Å²) in [6, 6.07) is 6.94. The first-order valence-corrected chi connectivity index (χ1v) is 9.72. The highest BCUT2D eigenvalue weighted by atomic mass is 19.2. The smallest absolute Gasteiger partial charge is 0.244 e. The maximum Gasteiger partial charge on any atom is 0.244 e. The molecule has 2 aromatic carbocycles. The summed E-state index contributed by atoms with van der Waals surface area (Å²) in [6.45, 7) is 1.82. The van der Waals surface area contributed by atoms with Crippen LogP contribution in [-0.4, -0.2) is 44.0 Å². The number of benzene rings is 2. The predicted molar refractivity (Wildman–Crippen MR) is 110 cm³/mol. The number of amides is 2. The van der Waals surface area contributed by atoms with Gasteiger partial charge in [-0.2, -0.15) is 0 Å². The number of carbonyl (C=O) groups excluding carboxylic acids is 2. The lowest BCUT2D eigenvalue weighted by Crippen LogP contribution is -2.38. The Kier molecular flexibility index (Phi) is 8.72. The Bertz CT molecular complexity index is 915. The Morgan fingerprint density at radius 1 is 1.00 bits per heavy atom. The molecule has 0 fully saturated rings. The Morgan fingerprint density at radius 3 is 2.23 bits per heavy atom. The molecule has 2 rings (SSSR count). The van der Waals surface area contributed by atoms with Gasteiger partial charge in [0.15, 0.2) is 17.5 Å². The van der Waals surface area contributed by atoms with Crippen molar-refractivity contribution in [3.8, 4) is 11.5 Å². The van der Waals surface area contributed by atoms with Crippen molar-refractivity contribution in [3.63, 3.8) is 0 Å². The number of nitrogens with zero attached hydrogens (tertiary/aromatic N) is 1. The number of carbonyl (C=O) groups is 2. The van der Waals surface area contributed by atoms with Gasteiger partial charge in [0.1, 0.15) is 11.5 Å². The molecule has 0 aliphatic carbocycles. The standard InChI is InChI=1S/C22H25F3N2O4/c1-4-9-27(13-19(28)26-18-7-6-17(23)21(24)22(18)25)20(29)8-5-14-10-15(30-2)12-16(11-14)31-3/h6-7,10-12H,4-5,8-9,13H2,1-3H3,(H,26,28). The summed E-state index contributed by atoms with van der Waals surface area (Å²) in [5.41, 5.74) is 0.339. The van der Waals surface area contributed by atoms with E-state index in [4.69, 9.17) is 9.47 Å². The number of ether oxygens (including phenoxy) is 2. The van der Waals surface area contributed by atoms with Gasteiger partial charge >= 0.3 is 0 Å². The summed E-state index contributed by atoms with van der Waals surface area (Å²) in [7, 11) is 3.06. The van der Waals surface area contributed by atoms with Gasteiger partial charge in [-0.05, 0) is 42.7 Å². The average Bonchev–Trinajstić information content (AvgIpc) is 2.77. The first-order valence-electron chi connectivity index (χ1n) is 9.72. The van der Waals surface area contributed by atoms with Crippen LogP contribution in [0.15, 0.2) is 30.3 Å². The molecular formula is C22H25F3N2O4. The third-order valence-corrected chi connectivity index (χ3v) is 4.53. The van der Waals surface area contributed by atoms with Crippen molar-refractivity contribution in [1.29, 1.82) is 0 Å². The van der Waals surface area contributed by atoms with E-state index in [2.05, 4.69) is 5.32 Å². The van der Waals surface area contributed by atoms with Crippen LogP contribution in [0.25, 0.3) is 0 Å². The number of nitrogens with one attached hydrogen (secondary N) is 1. The van der Waals surface area contributed by atoms with Crippen molar-refractivity contribution in [3.05, 3.63) is 53.3 Å². The number of halogens is 3. The molecular weight excluding hydrogens is 413 g/mol. The molecule has 0 heterocycles. The summed E-state index contributed by atoms with van der Waals surface area (Å²) >= 11 is 0. The third kappa shape index (κ3) is 6.63. The molecule has 0 saturated heterocycles. The monoisotopic (exact) mass is 438 g/mol. The molecule has 6 nitrogen and oxygen atoms in total. The van der Waals surface area contributed by atoms with Crippen LogP contribution < -0.4 is 14.8 Å². The van der Waals surface area contributed by atoms with E-state index in [1.165, 1.54) is 19.1 Å². The topological polar surface area (TPSA) is 67.9 Å². The largest absolute Gasteiger partial charge is 0.497 e. The molecule has 0 aromatic heterocycles. The Labute approximate surface area is 178 Å². The second-order valence-electron chi connectivity index (χ2n) is 6.81. The highest BCUT2D eigenvalue weighted by Gasteiger charge is 2.19. The fourth-order valence-electron chi connectivity index (χ4n) is 2.97. The van der Waals surface area contributed by atoms with Crippen molar-refractivity contribution in [2.75, 3.05) is 32.6 Å². The highest BCUT2D eigenvalue weighted by molar-refractivity contribution is 5.94. The quantitative estimate of drug-likeness (QED) is 0.571. The van der Waals surface area contributed by atoms with Crippen LogP contribution in [0.1, 0.15) is 25.3 Å². The van der Waals surface area contributed by atoms with E-state index < -0.39 is 29.0 Å². The number of anilines is 1. The lowest BCUT2D eigenvalue weighted by atomic mass is 10.1. The van der Waals surface area contributed by atoms with Gasteiger partial charge in [0.05, 0.1) is 26.5 Å². The van der Waals surface area contributed by atoms with Crippen molar-refractivity contribution >= 4 is 17.5 Å². The van der Waals surface area contributed by atoms with Gasteiger partial charge in [-0.15, -0.1) is 0 Å². The average molecular weight is 438 g/mol. The van der Waals surface area contributed by atoms with Gasteiger partial charge in [0, 0.05) is 19.0 Å². The Balaban J connectivity index is 2.02. The summed E-state index contributed by atoms with van der Waals surface area (Å²) in [6.07, 6.45) is 1.13. The van der Waals surface area contributed by atoms with Crippen LogP contribution in [0.2, 0.25) is 0 Å². The minimum Gasteiger partial charge on any atom is -0.497 e. The Hall–Kier alpha value is -3.23. The van der Waals surface area contributed by atoms with E-state index in [1.54, 1.807) is 18.2 Å². The van der Waals surface area contributed by atoms with Crippen LogP contribution in [0.4, 0.5) is 18.9 Å². The van der Waals surface area contributed by atoms with Crippen LogP contribution in [-0.2, 0) is 16.0 Å². The van der Waals surface area contributed by atoms with E-state index >= 15 is 0 Å². The molecule has 0 spiro atoms. The molecule has 0 saturated carbocycles. The number of hydrogen-bond acceptors (Lipinski definition) is 4. The molecule has 0 radical (unpaired) electrons. The molecule has 0 unspecified atom stereocenters. The van der Waals surface area contributed by atoms with Crippen LogP contribution in [0.5, 0.6) is 11.5 Å². The zero-order valence-corrected chi connectivity index (χ0v) is 17.6. The fraction of sp³-hybridized carbons (Fsp3) is 0.364. The number of methoxy groups -OCH3 is 2. The molecule has 2 amide bonds. The zero-order valence-electron chi connectivity index (χ0n) is 17.6. The van der Waals surface area contributed by atoms with Gasteiger partial charge in [-0.3, -0.25) is 9.59 Å². The summed E-state index contributed by atoms with van der Waals surface area (Å²) < 4.78 is 50.6. The van der Waals surface area contributed by atoms with Crippen molar-refractivity contribution in [1.82, 2.24) is 4.90 Å². The molecule has 2 aromatic rings. The maximum absolute atomic E-state index is 13.8. The minimum atomic E-state index is -1.67. The lowest BCUT2D eigenvalue weighted by Gasteiger charge is -2.22. The lowest BCUT2D eigenvalue weighted by molar-refractivity contribution is -0.134. The summed E-state index contributed by atoms with van der Waals surface area (Å²) in [5, 5.41) is 2.18. The SMILES string of the molecule is CCCN(CC(=O)Nc1ccc(F)c(F)c1F)C(=O)CCc1cc(OC)cc(OC)c1. The minimum absolute atomic E-state index is 0.128. The van der Waals surface area contributed by atoms with Gasteiger partial charge < -0.3 is 19.7 Å². The van der Waals surface area contributed by atoms with Crippen LogP contribution in [0.3, 0.4) is 0 Å². The zero-order chi connectivity index (χ0) is 23.0. The second-order valence-corrected chi connectivity index (χ2v) is 6.81. The summed E-state index contributed by atoms with van der Waals surface area (Å²) in [4.78, 5) is 26.3.